The van der Waals surface area contributed by atoms with Crippen LogP contribution in [-0.2, 0) is 16.0 Å². The van der Waals surface area contributed by atoms with Crippen molar-refractivity contribution in [3.05, 3.63) is 41.8 Å². The number of nitrogens with one attached hydrogen (secondary N) is 2. The molecule has 0 bridgehead atoms. The van der Waals surface area contributed by atoms with Crippen molar-refractivity contribution in [1.29, 1.82) is 0 Å². The molecule has 0 aliphatic heterocycles. The summed E-state index contributed by atoms with van der Waals surface area (Å²) in [4.78, 5) is 27.8. The summed E-state index contributed by atoms with van der Waals surface area (Å²) >= 11 is 1.21. The lowest BCUT2D eigenvalue weighted by Gasteiger charge is -2.06. The second-order valence-electron chi connectivity index (χ2n) is 6.20. The van der Waals surface area contributed by atoms with Gasteiger partial charge in [-0.3, -0.25) is 9.59 Å². The van der Waals surface area contributed by atoms with Crippen LogP contribution in [0.4, 0.5) is 10.1 Å². The minimum Gasteiger partial charge on any atom is -0.355 e. The van der Waals surface area contributed by atoms with Crippen LogP contribution in [0.25, 0.3) is 0 Å². The molecule has 27 heavy (non-hydrogen) atoms. The fraction of sp³-hybridized carbons (Fsp3) is 0.444. The fourth-order valence-corrected chi connectivity index (χ4v) is 2.74. The van der Waals surface area contributed by atoms with Gasteiger partial charge in [0.1, 0.15) is 5.82 Å². The molecule has 0 aliphatic rings. The molecule has 0 fully saturated rings. The molecule has 1 aromatic heterocycles. The molecule has 7 nitrogen and oxygen atoms in total. The number of benzene rings is 1. The SMILES string of the molecule is CC(C)c1noc(CCCNC(=O)CSCC(=O)Nc2ccc(F)cc2)n1. The summed E-state index contributed by atoms with van der Waals surface area (Å²) in [7, 11) is 0. The van der Waals surface area contributed by atoms with E-state index in [2.05, 4.69) is 20.8 Å². The average Bonchev–Trinajstić information content (AvgIpc) is 3.10. The lowest BCUT2D eigenvalue weighted by molar-refractivity contribution is -0.118. The topological polar surface area (TPSA) is 97.1 Å². The minimum atomic E-state index is -0.363. The number of amides is 2. The Morgan fingerprint density at radius 2 is 1.89 bits per heavy atom. The van der Waals surface area contributed by atoms with Gasteiger partial charge in [0, 0.05) is 24.6 Å². The number of thioether (sulfide) groups is 1. The molecule has 2 rings (SSSR count). The molecule has 0 spiro atoms. The molecule has 0 atom stereocenters. The van der Waals surface area contributed by atoms with Crippen LogP contribution in [0.3, 0.4) is 0 Å². The van der Waals surface area contributed by atoms with Crippen molar-refractivity contribution in [2.45, 2.75) is 32.6 Å². The number of carbonyl (C=O) groups excluding carboxylic acids is 2. The molecule has 0 radical (unpaired) electrons. The van der Waals surface area contributed by atoms with Gasteiger partial charge in [0.2, 0.25) is 17.7 Å². The fourth-order valence-electron chi connectivity index (χ4n) is 2.09. The number of hydrogen-bond donors (Lipinski definition) is 2. The molecule has 9 heteroatoms. The maximum Gasteiger partial charge on any atom is 0.234 e. The van der Waals surface area contributed by atoms with E-state index >= 15 is 0 Å². The molecule has 2 N–H and O–H groups in total. The molecule has 146 valence electrons. The number of aryl methyl sites for hydroxylation is 1. The number of halogens is 1. The lowest BCUT2D eigenvalue weighted by atomic mass is 10.2. The first kappa shape index (κ1) is 20.9. The van der Waals surface area contributed by atoms with E-state index < -0.39 is 0 Å². The Hall–Kier alpha value is -2.42. The Morgan fingerprint density at radius 3 is 2.56 bits per heavy atom. The Labute approximate surface area is 161 Å². The van der Waals surface area contributed by atoms with Gasteiger partial charge in [0.05, 0.1) is 11.5 Å². The van der Waals surface area contributed by atoms with E-state index in [-0.39, 0.29) is 35.1 Å². The first-order valence-corrected chi connectivity index (χ1v) is 9.82. The van der Waals surface area contributed by atoms with Gasteiger partial charge in [-0.2, -0.15) is 4.98 Å². The van der Waals surface area contributed by atoms with Gasteiger partial charge in [-0.1, -0.05) is 19.0 Å². The average molecular weight is 394 g/mol. The van der Waals surface area contributed by atoms with Crippen molar-refractivity contribution < 1.29 is 18.5 Å². The van der Waals surface area contributed by atoms with E-state index in [1.807, 2.05) is 13.8 Å². The van der Waals surface area contributed by atoms with Gasteiger partial charge < -0.3 is 15.2 Å². The summed E-state index contributed by atoms with van der Waals surface area (Å²) < 4.78 is 17.9. The Morgan fingerprint density at radius 1 is 1.19 bits per heavy atom. The number of anilines is 1. The highest BCUT2D eigenvalue weighted by molar-refractivity contribution is 8.00. The van der Waals surface area contributed by atoms with Crippen LogP contribution in [0.2, 0.25) is 0 Å². The predicted molar refractivity (Wildman–Crippen MR) is 102 cm³/mol. The first-order chi connectivity index (χ1) is 12.9. The summed E-state index contributed by atoms with van der Waals surface area (Å²) in [5, 5.41) is 9.32. The smallest absolute Gasteiger partial charge is 0.234 e. The summed E-state index contributed by atoms with van der Waals surface area (Å²) in [6, 6.07) is 5.51. The standard InChI is InChI=1S/C18H23FN4O3S/c1-12(2)18-22-17(26-23-18)4-3-9-20-15(24)10-27-11-16(25)21-14-7-5-13(19)6-8-14/h5-8,12H,3-4,9-11H2,1-2H3,(H,20,24)(H,21,25). The molecule has 2 amide bonds. The zero-order valence-corrected chi connectivity index (χ0v) is 16.1. The van der Waals surface area contributed by atoms with Gasteiger partial charge in [-0.15, -0.1) is 11.8 Å². The molecular formula is C18H23FN4O3S. The monoisotopic (exact) mass is 394 g/mol. The third-order valence-corrected chi connectivity index (χ3v) is 4.42. The van der Waals surface area contributed by atoms with Crippen molar-refractivity contribution in [3.8, 4) is 0 Å². The predicted octanol–water partition coefficient (Wildman–Crippen LogP) is 2.75. The second-order valence-corrected chi connectivity index (χ2v) is 7.19. The minimum absolute atomic E-state index is 0.136. The van der Waals surface area contributed by atoms with Crippen LogP contribution < -0.4 is 10.6 Å². The van der Waals surface area contributed by atoms with E-state index in [0.717, 1.165) is 0 Å². The Balaban J connectivity index is 1.55. The quantitative estimate of drug-likeness (QED) is 0.602. The molecule has 0 aliphatic carbocycles. The molecule has 0 saturated carbocycles. The maximum absolute atomic E-state index is 12.8. The number of nitrogens with zero attached hydrogens (tertiary/aromatic N) is 2. The van der Waals surface area contributed by atoms with Gasteiger partial charge in [0.25, 0.3) is 0 Å². The van der Waals surface area contributed by atoms with E-state index in [9.17, 15) is 14.0 Å². The van der Waals surface area contributed by atoms with Gasteiger partial charge in [-0.25, -0.2) is 4.39 Å². The summed E-state index contributed by atoms with van der Waals surface area (Å²) in [5.41, 5.74) is 0.521. The highest BCUT2D eigenvalue weighted by atomic mass is 32.2. The number of rotatable bonds is 10. The second kappa shape index (κ2) is 10.7. The van der Waals surface area contributed by atoms with Crippen LogP contribution in [0.5, 0.6) is 0 Å². The Bertz CT molecular complexity index is 749. The van der Waals surface area contributed by atoms with Crippen LogP contribution in [-0.4, -0.2) is 40.0 Å². The summed E-state index contributed by atoms with van der Waals surface area (Å²) in [6.07, 6.45) is 1.30. The van der Waals surface area contributed by atoms with Crippen LogP contribution in [0, 0.1) is 5.82 Å². The molecule has 1 aromatic carbocycles. The summed E-state index contributed by atoms with van der Waals surface area (Å²) in [5.74, 6) is 1.07. The highest BCUT2D eigenvalue weighted by Crippen LogP contribution is 2.11. The zero-order valence-electron chi connectivity index (χ0n) is 15.3. The Kier molecular flexibility index (Phi) is 8.25. The number of carbonyl (C=O) groups is 2. The normalized spacial score (nSPS) is 10.8. The zero-order chi connectivity index (χ0) is 19.6. The van der Waals surface area contributed by atoms with Crippen molar-refractivity contribution in [2.75, 3.05) is 23.4 Å². The maximum atomic E-state index is 12.8. The van der Waals surface area contributed by atoms with Gasteiger partial charge in [0.15, 0.2) is 5.82 Å². The lowest BCUT2D eigenvalue weighted by Crippen LogP contribution is -2.27. The van der Waals surface area contributed by atoms with E-state index in [1.54, 1.807) is 0 Å². The third kappa shape index (κ3) is 7.78. The van der Waals surface area contributed by atoms with Crippen molar-refractivity contribution >= 4 is 29.3 Å². The van der Waals surface area contributed by atoms with E-state index in [4.69, 9.17) is 4.52 Å². The summed E-state index contributed by atoms with van der Waals surface area (Å²) in [6.45, 7) is 4.49. The van der Waals surface area contributed by atoms with Crippen molar-refractivity contribution in [2.24, 2.45) is 0 Å². The molecular weight excluding hydrogens is 371 g/mol. The number of hydrogen-bond acceptors (Lipinski definition) is 6. The molecule has 1 heterocycles. The molecule has 0 unspecified atom stereocenters. The van der Waals surface area contributed by atoms with Gasteiger partial charge >= 0.3 is 0 Å². The molecule has 2 aromatic rings. The van der Waals surface area contributed by atoms with Crippen LogP contribution >= 0.6 is 11.8 Å². The first-order valence-electron chi connectivity index (χ1n) is 8.66. The van der Waals surface area contributed by atoms with E-state index in [0.29, 0.717) is 36.8 Å². The van der Waals surface area contributed by atoms with Crippen LogP contribution in [0.15, 0.2) is 28.8 Å². The van der Waals surface area contributed by atoms with Crippen molar-refractivity contribution in [3.63, 3.8) is 0 Å². The van der Waals surface area contributed by atoms with E-state index in [1.165, 1.54) is 36.0 Å². The van der Waals surface area contributed by atoms with Crippen molar-refractivity contribution in [1.82, 2.24) is 15.5 Å². The third-order valence-electron chi connectivity index (χ3n) is 3.48. The largest absolute Gasteiger partial charge is 0.355 e. The number of aromatic nitrogens is 2. The highest BCUT2D eigenvalue weighted by Gasteiger charge is 2.10. The van der Waals surface area contributed by atoms with Crippen LogP contribution in [0.1, 0.15) is 37.9 Å². The van der Waals surface area contributed by atoms with Gasteiger partial charge in [-0.05, 0) is 30.7 Å². The molecule has 0 saturated heterocycles.